The molecule has 29 heavy (non-hydrogen) atoms. The van der Waals surface area contributed by atoms with Crippen molar-refractivity contribution < 1.29 is 23.1 Å². The normalized spacial score (nSPS) is 19.1. The lowest BCUT2D eigenvalue weighted by Gasteiger charge is -2.38. The van der Waals surface area contributed by atoms with Gasteiger partial charge in [0.2, 0.25) is 0 Å². The number of hydrogen-bond acceptors (Lipinski definition) is 3. The maximum absolute atomic E-state index is 13.3. The summed E-state index contributed by atoms with van der Waals surface area (Å²) in [5.74, 6) is -1.44. The van der Waals surface area contributed by atoms with Gasteiger partial charge in [-0.15, -0.1) is 11.8 Å². The predicted octanol–water partition coefficient (Wildman–Crippen LogP) is 5.97. The monoisotopic (exact) mass is 443 g/mol. The Labute approximate surface area is 176 Å². The molecular weight excluding hydrogens is 423 g/mol. The molecule has 156 valence electrons. The highest BCUT2D eigenvalue weighted by atomic mass is 35.5. The smallest absolute Gasteiger partial charge is 0.416 e. The molecule has 0 amide bonds. The quantitative estimate of drug-likeness (QED) is 0.578. The zero-order chi connectivity index (χ0) is 21.2. The number of piperidine rings is 1. The standard InChI is InChI=1S/C21H21ClF3NO2S/c1-29-16-7-4-13(5-8-16)19(26-10-2-3-14(12-26)20(27)28)17-11-15(21(23,24)25)6-9-18(17)22/h4-9,11,14,19H,2-3,10,12H2,1H3,(H,27,28). The van der Waals surface area contributed by atoms with E-state index in [0.29, 0.717) is 24.9 Å². The Morgan fingerprint density at radius 2 is 1.93 bits per heavy atom. The maximum atomic E-state index is 13.3. The second-order valence-corrected chi connectivity index (χ2v) is 8.37. The molecule has 1 N–H and O–H groups in total. The number of nitrogens with zero attached hydrogens (tertiary/aromatic N) is 1. The van der Waals surface area contributed by atoms with E-state index in [1.54, 1.807) is 11.8 Å². The van der Waals surface area contributed by atoms with Crippen LogP contribution in [0.2, 0.25) is 5.02 Å². The molecule has 2 unspecified atom stereocenters. The van der Waals surface area contributed by atoms with Crippen LogP contribution in [0, 0.1) is 5.92 Å². The SMILES string of the molecule is CSc1ccc(C(c2cc(C(F)(F)F)ccc2Cl)N2CCCC(C(=O)O)C2)cc1. The van der Waals surface area contributed by atoms with Crippen molar-refractivity contribution in [1.29, 1.82) is 0 Å². The van der Waals surface area contributed by atoms with Crippen LogP contribution in [0.4, 0.5) is 13.2 Å². The van der Waals surface area contributed by atoms with Gasteiger partial charge in [-0.2, -0.15) is 13.2 Å². The van der Waals surface area contributed by atoms with Gasteiger partial charge < -0.3 is 5.11 Å². The van der Waals surface area contributed by atoms with Gasteiger partial charge in [0.1, 0.15) is 0 Å². The van der Waals surface area contributed by atoms with Crippen LogP contribution in [-0.2, 0) is 11.0 Å². The predicted molar refractivity (Wildman–Crippen MR) is 108 cm³/mol. The lowest BCUT2D eigenvalue weighted by molar-refractivity contribution is -0.143. The highest BCUT2D eigenvalue weighted by molar-refractivity contribution is 7.98. The first-order chi connectivity index (χ1) is 13.7. The van der Waals surface area contributed by atoms with E-state index < -0.39 is 29.7 Å². The number of carbonyl (C=O) groups is 1. The fraction of sp³-hybridized carbons (Fsp3) is 0.381. The molecule has 3 rings (SSSR count). The number of carboxylic acid groups (broad SMARTS) is 1. The fourth-order valence-corrected chi connectivity index (χ4v) is 4.37. The Morgan fingerprint density at radius 3 is 2.52 bits per heavy atom. The Bertz CT molecular complexity index is 873. The molecule has 1 aliphatic heterocycles. The topological polar surface area (TPSA) is 40.5 Å². The van der Waals surface area contributed by atoms with Crippen molar-refractivity contribution in [2.24, 2.45) is 5.92 Å². The van der Waals surface area contributed by atoms with Crippen molar-refractivity contribution >= 4 is 29.3 Å². The average molecular weight is 444 g/mol. The van der Waals surface area contributed by atoms with Gasteiger partial charge in [0.25, 0.3) is 0 Å². The van der Waals surface area contributed by atoms with Gasteiger partial charge in [0.05, 0.1) is 17.5 Å². The summed E-state index contributed by atoms with van der Waals surface area (Å²) < 4.78 is 40.0. The molecule has 1 saturated heterocycles. The Kier molecular flexibility index (Phi) is 6.81. The van der Waals surface area contributed by atoms with Crippen molar-refractivity contribution in [1.82, 2.24) is 4.90 Å². The lowest BCUT2D eigenvalue weighted by Crippen LogP contribution is -2.41. The van der Waals surface area contributed by atoms with Crippen molar-refractivity contribution in [2.75, 3.05) is 19.3 Å². The Hall–Kier alpha value is -1.70. The van der Waals surface area contributed by atoms with E-state index in [1.807, 2.05) is 35.4 Å². The second kappa shape index (κ2) is 8.98. The summed E-state index contributed by atoms with van der Waals surface area (Å²) in [7, 11) is 0. The molecular formula is C21H21ClF3NO2S. The summed E-state index contributed by atoms with van der Waals surface area (Å²) in [6.45, 7) is 0.849. The van der Waals surface area contributed by atoms with E-state index in [-0.39, 0.29) is 11.6 Å². The zero-order valence-electron chi connectivity index (χ0n) is 15.7. The number of halogens is 4. The first kappa shape index (κ1) is 22.0. The highest BCUT2D eigenvalue weighted by Gasteiger charge is 2.35. The number of thioether (sulfide) groups is 1. The average Bonchev–Trinajstić information content (AvgIpc) is 2.69. The molecule has 2 atom stereocenters. The first-order valence-electron chi connectivity index (χ1n) is 9.18. The summed E-state index contributed by atoms with van der Waals surface area (Å²) in [6, 6.07) is 10.3. The fourth-order valence-electron chi connectivity index (χ4n) is 3.75. The molecule has 2 aromatic carbocycles. The van der Waals surface area contributed by atoms with Crippen LogP contribution in [0.15, 0.2) is 47.4 Å². The number of alkyl halides is 3. The Balaban J connectivity index is 2.09. The van der Waals surface area contributed by atoms with E-state index in [9.17, 15) is 23.1 Å². The summed E-state index contributed by atoms with van der Waals surface area (Å²) in [5.41, 5.74) is 0.355. The molecule has 0 radical (unpaired) electrons. The van der Waals surface area contributed by atoms with E-state index in [2.05, 4.69) is 0 Å². The van der Waals surface area contributed by atoms with Crippen LogP contribution in [0.1, 0.15) is 35.6 Å². The first-order valence-corrected chi connectivity index (χ1v) is 10.8. The molecule has 1 fully saturated rings. The van der Waals surface area contributed by atoms with Crippen molar-refractivity contribution in [3.05, 3.63) is 64.2 Å². The summed E-state index contributed by atoms with van der Waals surface area (Å²) >= 11 is 7.92. The van der Waals surface area contributed by atoms with Gasteiger partial charge in [-0.25, -0.2) is 0 Å². The molecule has 0 aliphatic carbocycles. The van der Waals surface area contributed by atoms with Gasteiger partial charge in [0.15, 0.2) is 0 Å². The van der Waals surface area contributed by atoms with Crippen molar-refractivity contribution in [3.63, 3.8) is 0 Å². The third kappa shape index (κ3) is 5.08. The largest absolute Gasteiger partial charge is 0.481 e. The van der Waals surface area contributed by atoms with E-state index >= 15 is 0 Å². The second-order valence-electron chi connectivity index (χ2n) is 7.08. The lowest BCUT2D eigenvalue weighted by atomic mass is 9.90. The van der Waals surface area contributed by atoms with Gasteiger partial charge in [-0.05, 0) is 67.1 Å². The summed E-state index contributed by atoms with van der Waals surface area (Å²) in [5, 5.41) is 9.68. The molecule has 0 saturated carbocycles. The van der Waals surface area contributed by atoms with E-state index in [1.165, 1.54) is 6.07 Å². The van der Waals surface area contributed by atoms with Gasteiger partial charge in [-0.1, -0.05) is 23.7 Å². The van der Waals surface area contributed by atoms with E-state index in [4.69, 9.17) is 11.6 Å². The van der Waals surface area contributed by atoms with Crippen LogP contribution >= 0.6 is 23.4 Å². The molecule has 8 heteroatoms. The third-order valence-electron chi connectivity index (χ3n) is 5.22. The molecule has 0 spiro atoms. The number of benzene rings is 2. The number of hydrogen-bond donors (Lipinski definition) is 1. The van der Waals surface area contributed by atoms with E-state index in [0.717, 1.165) is 22.6 Å². The molecule has 1 heterocycles. The zero-order valence-corrected chi connectivity index (χ0v) is 17.3. The minimum atomic E-state index is -4.49. The van der Waals surface area contributed by atoms with Gasteiger partial charge in [0, 0.05) is 16.5 Å². The van der Waals surface area contributed by atoms with Crippen LogP contribution in [0.3, 0.4) is 0 Å². The van der Waals surface area contributed by atoms with Gasteiger partial charge >= 0.3 is 12.1 Å². The van der Waals surface area contributed by atoms with Crippen LogP contribution in [0.5, 0.6) is 0 Å². The van der Waals surface area contributed by atoms with Crippen molar-refractivity contribution in [2.45, 2.75) is 30.0 Å². The highest BCUT2D eigenvalue weighted by Crippen LogP contribution is 2.40. The molecule has 1 aliphatic rings. The molecule has 0 bridgehead atoms. The third-order valence-corrected chi connectivity index (χ3v) is 6.30. The maximum Gasteiger partial charge on any atom is 0.416 e. The number of likely N-dealkylation sites (tertiary alicyclic amines) is 1. The van der Waals surface area contributed by atoms with Crippen LogP contribution < -0.4 is 0 Å². The number of carboxylic acids is 1. The van der Waals surface area contributed by atoms with Crippen LogP contribution in [-0.4, -0.2) is 35.3 Å². The number of rotatable bonds is 5. The van der Waals surface area contributed by atoms with Gasteiger partial charge in [-0.3, -0.25) is 9.69 Å². The minimum Gasteiger partial charge on any atom is -0.481 e. The Morgan fingerprint density at radius 1 is 1.24 bits per heavy atom. The molecule has 3 nitrogen and oxygen atoms in total. The molecule has 2 aromatic rings. The number of aliphatic carboxylic acids is 1. The van der Waals surface area contributed by atoms with Crippen LogP contribution in [0.25, 0.3) is 0 Å². The summed E-state index contributed by atoms with van der Waals surface area (Å²) in [6.07, 6.45) is -1.33. The minimum absolute atomic E-state index is 0.231. The van der Waals surface area contributed by atoms with Crippen molar-refractivity contribution in [3.8, 4) is 0 Å². The molecule has 0 aromatic heterocycles. The summed E-state index contributed by atoms with van der Waals surface area (Å²) in [4.78, 5) is 14.5.